The fourth-order valence-corrected chi connectivity index (χ4v) is 4.50. The van der Waals surface area contributed by atoms with E-state index in [0.29, 0.717) is 46.8 Å². The lowest BCUT2D eigenvalue weighted by molar-refractivity contribution is 0.267. The summed E-state index contributed by atoms with van der Waals surface area (Å²) in [4.78, 5) is 18.3. The van der Waals surface area contributed by atoms with Gasteiger partial charge in [-0.2, -0.15) is 9.78 Å². The predicted octanol–water partition coefficient (Wildman–Crippen LogP) is 7.18. The molecule has 0 aliphatic heterocycles. The SMILES string of the molecule is C=CCc1cc(C=Nn2c(C(C)(C)C)nc3ccc(Br)cc3c2=O)cc(OCC)c1OCc1cccc(F)c1. The molecule has 4 rings (SSSR count). The average molecular weight is 593 g/mol. The fraction of sp³-hybridized carbons (Fsp3) is 0.258. The molecule has 0 aliphatic rings. The maximum absolute atomic E-state index is 13.7. The molecule has 0 amide bonds. The van der Waals surface area contributed by atoms with E-state index in [-0.39, 0.29) is 18.0 Å². The molecule has 3 aromatic carbocycles. The number of aromatic nitrogens is 2. The third kappa shape index (κ3) is 6.63. The molecule has 0 N–H and O–H groups in total. The van der Waals surface area contributed by atoms with Gasteiger partial charge in [-0.1, -0.05) is 54.9 Å². The van der Waals surface area contributed by atoms with Crippen LogP contribution in [-0.2, 0) is 18.4 Å². The van der Waals surface area contributed by atoms with Gasteiger partial charge in [-0.25, -0.2) is 9.37 Å². The predicted molar refractivity (Wildman–Crippen MR) is 158 cm³/mol. The number of rotatable bonds is 9. The van der Waals surface area contributed by atoms with Gasteiger partial charge in [-0.05, 0) is 66.9 Å². The first kappa shape index (κ1) is 28.2. The Labute approximate surface area is 235 Å². The van der Waals surface area contributed by atoms with Gasteiger partial charge in [0, 0.05) is 15.5 Å². The summed E-state index contributed by atoms with van der Waals surface area (Å²) in [5.41, 5.74) is 2.18. The second kappa shape index (κ2) is 11.9. The summed E-state index contributed by atoms with van der Waals surface area (Å²) in [6, 6.07) is 15.5. The van der Waals surface area contributed by atoms with Crippen molar-refractivity contribution < 1.29 is 13.9 Å². The van der Waals surface area contributed by atoms with Crippen LogP contribution < -0.4 is 15.0 Å². The second-order valence-corrected chi connectivity index (χ2v) is 11.0. The Hall–Kier alpha value is -3.78. The minimum atomic E-state index is -0.434. The lowest BCUT2D eigenvalue weighted by Gasteiger charge is -2.21. The van der Waals surface area contributed by atoms with E-state index in [4.69, 9.17) is 14.5 Å². The first-order valence-corrected chi connectivity index (χ1v) is 13.4. The van der Waals surface area contributed by atoms with E-state index < -0.39 is 5.41 Å². The van der Waals surface area contributed by atoms with Gasteiger partial charge < -0.3 is 9.47 Å². The second-order valence-electron chi connectivity index (χ2n) is 10.1. The van der Waals surface area contributed by atoms with Gasteiger partial charge in [0.2, 0.25) is 0 Å². The minimum absolute atomic E-state index is 0.179. The van der Waals surface area contributed by atoms with E-state index in [2.05, 4.69) is 27.6 Å². The smallest absolute Gasteiger partial charge is 0.282 e. The molecule has 0 radical (unpaired) electrons. The molecule has 8 heteroatoms. The van der Waals surface area contributed by atoms with Crippen LogP contribution in [0.2, 0.25) is 0 Å². The molecule has 39 heavy (non-hydrogen) atoms. The number of hydrogen-bond acceptors (Lipinski definition) is 5. The number of halogens is 2. The lowest BCUT2D eigenvalue weighted by Crippen LogP contribution is -2.29. The van der Waals surface area contributed by atoms with Gasteiger partial charge in [0.15, 0.2) is 11.5 Å². The summed E-state index contributed by atoms with van der Waals surface area (Å²) in [6.07, 6.45) is 3.90. The zero-order valence-corrected chi connectivity index (χ0v) is 24.1. The minimum Gasteiger partial charge on any atom is -0.490 e. The van der Waals surface area contributed by atoms with Crippen LogP contribution in [0.15, 0.2) is 81.6 Å². The molecular formula is C31H31BrFN3O3. The highest BCUT2D eigenvalue weighted by Crippen LogP contribution is 2.34. The first-order valence-electron chi connectivity index (χ1n) is 12.7. The maximum atomic E-state index is 13.7. The molecule has 4 aromatic rings. The van der Waals surface area contributed by atoms with Crippen LogP contribution in [0.5, 0.6) is 11.5 Å². The molecule has 0 saturated carbocycles. The van der Waals surface area contributed by atoms with Crippen molar-refractivity contribution >= 4 is 33.0 Å². The summed E-state index contributed by atoms with van der Waals surface area (Å²) < 4.78 is 27.9. The monoisotopic (exact) mass is 591 g/mol. The standard InChI is InChI=1S/C31H31BrFN3O3/c1-6-9-22-14-21(16-27(38-7-2)28(22)39-19-20-10-8-11-24(33)15-20)18-34-36-29(37)25-17-23(32)12-13-26(25)35-30(36)31(3,4)5/h6,8,10-18H,1,7,9,19H2,2-5H3. The van der Waals surface area contributed by atoms with Crippen molar-refractivity contribution in [1.29, 1.82) is 0 Å². The molecule has 0 unspecified atom stereocenters. The zero-order chi connectivity index (χ0) is 28.2. The number of benzene rings is 3. The van der Waals surface area contributed by atoms with E-state index in [1.54, 1.807) is 30.5 Å². The van der Waals surface area contributed by atoms with Crippen molar-refractivity contribution in [1.82, 2.24) is 9.66 Å². The van der Waals surface area contributed by atoms with Gasteiger partial charge in [-0.3, -0.25) is 4.79 Å². The van der Waals surface area contributed by atoms with Crippen molar-refractivity contribution in [2.75, 3.05) is 6.61 Å². The van der Waals surface area contributed by atoms with Crippen LogP contribution in [0, 0.1) is 5.82 Å². The van der Waals surface area contributed by atoms with Gasteiger partial charge in [0.1, 0.15) is 18.2 Å². The maximum Gasteiger partial charge on any atom is 0.282 e. The molecule has 0 spiro atoms. The molecule has 0 saturated heterocycles. The molecule has 6 nitrogen and oxygen atoms in total. The van der Waals surface area contributed by atoms with Crippen molar-refractivity contribution in [3.8, 4) is 11.5 Å². The highest BCUT2D eigenvalue weighted by molar-refractivity contribution is 9.10. The summed E-state index contributed by atoms with van der Waals surface area (Å²) >= 11 is 3.44. The quantitative estimate of drug-likeness (QED) is 0.153. The average Bonchev–Trinajstić information content (AvgIpc) is 2.87. The molecule has 1 heterocycles. The molecule has 202 valence electrons. The van der Waals surface area contributed by atoms with Crippen molar-refractivity contribution in [2.45, 2.75) is 46.1 Å². The Balaban J connectivity index is 1.78. The number of ether oxygens (including phenoxy) is 2. The van der Waals surface area contributed by atoms with Crippen LogP contribution in [0.4, 0.5) is 4.39 Å². The van der Waals surface area contributed by atoms with Crippen LogP contribution in [0.1, 0.15) is 50.2 Å². The van der Waals surface area contributed by atoms with Gasteiger partial charge >= 0.3 is 0 Å². The first-order chi connectivity index (χ1) is 18.6. The van der Waals surface area contributed by atoms with E-state index in [0.717, 1.165) is 15.6 Å². The van der Waals surface area contributed by atoms with Crippen LogP contribution in [0.3, 0.4) is 0 Å². The Kier molecular flexibility index (Phi) is 8.65. The molecule has 0 aliphatic carbocycles. The van der Waals surface area contributed by atoms with E-state index in [1.807, 2.05) is 52.0 Å². The number of fused-ring (bicyclic) bond motifs is 1. The number of hydrogen-bond donors (Lipinski definition) is 0. The van der Waals surface area contributed by atoms with Crippen LogP contribution >= 0.6 is 15.9 Å². The van der Waals surface area contributed by atoms with Crippen molar-refractivity contribution in [2.24, 2.45) is 5.10 Å². The summed E-state index contributed by atoms with van der Waals surface area (Å²) in [7, 11) is 0. The summed E-state index contributed by atoms with van der Waals surface area (Å²) in [6.45, 7) is 12.3. The molecule has 0 bridgehead atoms. The number of allylic oxidation sites excluding steroid dienone is 1. The van der Waals surface area contributed by atoms with E-state index >= 15 is 0 Å². The molecular weight excluding hydrogens is 561 g/mol. The van der Waals surface area contributed by atoms with E-state index in [9.17, 15) is 9.18 Å². The lowest BCUT2D eigenvalue weighted by atomic mass is 9.95. The summed E-state index contributed by atoms with van der Waals surface area (Å²) in [5.74, 6) is 1.31. The van der Waals surface area contributed by atoms with E-state index in [1.165, 1.54) is 16.8 Å². The fourth-order valence-electron chi connectivity index (χ4n) is 4.14. The molecule has 1 aromatic heterocycles. The van der Waals surface area contributed by atoms with Gasteiger partial charge in [-0.15, -0.1) is 6.58 Å². The highest BCUT2D eigenvalue weighted by Gasteiger charge is 2.23. The van der Waals surface area contributed by atoms with Crippen LogP contribution in [-0.4, -0.2) is 22.5 Å². The summed E-state index contributed by atoms with van der Waals surface area (Å²) in [5, 5.41) is 5.07. The normalized spacial score (nSPS) is 11.7. The third-order valence-corrected chi connectivity index (χ3v) is 6.39. The van der Waals surface area contributed by atoms with Crippen molar-refractivity contribution in [3.63, 3.8) is 0 Å². The Morgan fingerprint density at radius 2 is 1.92 bits per heavy atom. The van der Waals surface area contributed by atoms with Crippen molar-refractivity contribution in [3.05, 3.63) is 110 Å². The van der Waals surface area contributed by atoms with Gasteiger partial charge in [0.25, 0.3) is 5.56 Å². The highest BCUT2D eigenvalue weighted by atomic mass is 79.9. The topological polar surface area (TPSA) is 65.7 Å². The molecule has 0 fully saturated rings. The largest absolute Gasteiger partial charge is 0.490 e. The Morgan fingerprint density at radius 1 is 1.13 bits per heavy atom. The van der Waals surface area contributed by atoms with Gasteiger partial charge in [0.05, 0.1) is 23.7 Å². The molecule has 0 atom stereocenters. The Bertz CT molecular complexity index is 1610. The Morgan fingerprint density at radius 3 is 2.62 bits per heavy atom. The number of nitrogens with zero attached hydrogens (tertiary/aromatic N) is 3. The third-order valence-electron chi connectivity index (χ3n) is 5.89. The zero-order valence-electron chi connectivity index (χ0n) is 22.5. The van der Waals surface area contributed by atoms with Crippen LogP contribution in [0.25, 0.3) is 10.9 Å².